The van der Waals surface area contributed by atoms with Crippen LogP contribution in [0.5, 0.6) is 0 Å². The summed E-state index contributed by atoms with van der Waals surface area (Å²) in [5, 5.41) is 11.6. The fraction of sp³-hybridized carbons (Fsp3) is 0.308. The number of carbonyl (C=O) groups is 1. The summed E-state index contributed by atoms with van der Waals surface area (Å²) in [5.74, 6) is -0.485. The van der Waals surface area contributed by atoms with Crippen LogP contribution in [-0.4, -0.2) is 39.0 Å². The lowest BCUT2D eigenvalue weighted by Gasteiger charge is -2.29. The van der Waals surface area contributed by atoms with Crippen LogP contribution in [0.25, 0.3) is 0 Å². The van der Waals surface area contributed by atoms with Crippen molar-refractivity contribution >= 4 is 40.2 Å². The van der Waals surface area contributed by atoms with Gasteiger partial charge in [0.15, 0.2) is 0 Å². The molecular weight excluding hydrogens is 385 g/mol. The van der Waals surface area contributed by atoms with Gasteiger partial charge in [-0.05, 0) is 51.6 Å². The van der Waals surface area contributed by atoms with E-state index in [1.807, 2.05) is 24.3 Å². The predicted octanol–water partition coefficient (Wildman–Crippen LogP) is 1.76. The van der Waals surface area contributed by atoms with Crippen LogP contribution >= 0.6 is 22.6 Å². The SMILES string of the molecule is COC(=O)C1C(C)=Nc2nnnn2C1c1ccccc1I. The first-order valence-corrected chi connectivity index (χ1v) is 7.36. The van der Waals surface area contributed by atoms with Crippen molar-refractivity contribution in [3.8, 4) is 0 Å². The van der Waals surface area contributed by atoms with Crippen molar-refractivity contribution in [2.45, 2.75) is 13.0 Å². The zero-order valence-electron chi connectivity index (χ0n) is 11.4. The van der Waals surface area contributed by atoms with Gasteiger partial charge in [-0.25, -0.2) is 9.67 Å². The minimum atomic E-state index is -0.540. The molecule has 2 heterocycles. The summed E-state index contributed by atoms with van der Waals surface area (Å²) in [4.78, 5) is 16.5. The average Bonchev–Trinajstić information content (AvgIpc) is 2.93. The summed E-state index contributed by atoms with van der Waals surface area (Å²) in [7, 11) is 1.37. The third-order valence-electron chi connectivity index (χ3n) is 3.46. The van der Waals surface area contributed by atoms with Gasteiger partial charge in [-0.2, -0.15) is 0 Å². The van der Waals surface area contributed by atoms with Gasteiger partial charge in [-0.1, -0.05) is 23.3 Å². The van der Waals surface area contributed by atoms with Crippen LogP contribution in [0, 0.1) is 9.49 Å². The van der Waals surface area contributed by atoms with Crippen molar-refractivity contribution in [3.63, 3.8) is 0 Å². The number of esters is 1. The summed E-state index contributed by atoms with van der Waals surface area (Å²) in [5.41, 5.74) is 1.62. The zero-order valence-corrected chi connectivity index (χ0v) is 13.6. The monoisotopic (exact) mass is 397 g/mol. The number of benzene rings is 1. The highest BCUT2D eigenvalue weighted by atomic mass is 127. The Bertz CT molecular complexity index is 727. The number of aliphatic imine (C=N–C) groups is 1. The number of rotatable bonds is 2. The first kappa shape index (κ1) is 14.1. The second kappa shape index (κ2) is 5.51. The van der Waals surface area contributed by atoms with E-state index >= 15 is 0 Å². The second-order valence-electron chi connectivity index (χ2n) is 4.64. The van der Waals surface area contributed by atoms with Crippen molar-refractivity contribution in [1.82, 2.24) is 20.2 Å². The third-order valence-corrected chi connectivity index (χ3v) is 4.44. The van der Waals surface area contributed by atoms with Gasteiger partial charge in [0, 0.05) is 9.28 Å². The molecule has 1 aromatic heterocycles. The van der Waals surface area contributed by atoms with Crippen molar-refractivity contribution < 1.29 is 9.53 Å². The van der Waals surface area contributed by atoms with E-state index in [-0.39, 0.29) is 12.0 Å². The number of nitrogens with zero attached hydrogens (tertiary/aromatic N) is 5. The minimum absolute atomic E-state index is 0.345. The molecule has 0 saturated heterocycles. The Morgan fingerprint density at radius 3 is 2.86 bits per heavy atom. The van der Waals surface area contributed by atoms with Crippen molar-refractivity contribution in [2.24, 2.45) is 10.9 Å². The van der Waals surface area contributed by atoms with Crippen LogP contribution < -0.4 is 0 Å². The second-order valence-corrected chi connectivity index (χ2v) is 5.81. The molecule has 3 rings (SSSR count). The molecule has 1 aliphatic heterocycles. The molecule has 0 amide bonds. The molecule has 2 unspecified atom stereocenters. The Labute approximate surface area is 134 Å². The molecule has 21 heavy (non-hydrogen) atoms. The molecule has 0 aliphatic carbocycles. The Morgan fingerprint density at radius 2 is 2.14 bits per heavy atom. The Morgan fingerprint density at radius 1 is 1.38 bits per heavy atom. The van der Waals surface area contributed by atoms with Crippen LogP contribution in [0.3, 0.4) is 0 Å². The highest BCUT2D eigenvalue weighted by Crippen LogP contribution is 2.36. The van der Waals surface area contributed by atoms with Crippen molar-refractivity contribution in [2.75, 3.05) is 7.11 Å². The maximum Gasteiger partial charge on any atom is 0.316 e. The van der Waals surface area contributed by atoms with E-state index in [4.69, 9.17) is 4.74 Å². The molecule has 7 nitrogen and oxygen atoms in total. The highest BCUT2D eigenvalue weighted by Gasteiger charge is 2.40. The quantitative estimate of drug-likeness (QED) is 0.570. The number of fused-ring (bicyclic) bond motifs is 1. The standard InChI is InChI=1S/C13H12IN5O2/c1-7-10(12(20)21-2)11(8-5-3-4-6-9(8)14)19-13(15-7)16-17-18-19/h3-6,10-11H,1-2H3. The maximum atomic E-state index is 12.2. The molecule has 0 N–H and O–H groups in total. The van der Waals surface area contributed by atoms with Gasteiger partial charge in [0.05, 0.1) is 7.11 Å². The van der Waals surface area contributed by atoms with E-state index in [9.17, 15) is 4.79 Å². The molecule has 1 aromatic carbocycles. The highest BCUT2D eigenvalue weighted by molar-refractivity contribution is 14.1. The first-order chi connectivity index (χ1) is 10.1. The molecular formula is C13H12IN5O2. The maximum absolute atomic E-state index is 12.2. The van der Waals surface area contributed by atoms with Crippen LogP contribution in [0.1, 0.15) is 18.5 Å². The van der Waals surface area contributed by atoms with E-state index in [2.05, 4.69) is 43.1 Å². The van der Waals surface area contributed by atoms with Gasteiger partial charge >= 0.3 is 5.97 Å². The van der Waals surface area contributed by atoms with Gasteiger partial charge < -0.3 is 4.74 Å². The molecule has 1 aliphatic rings. The lowest BCUT2D eigenvalue weighted by Crippen LogP contribution is -2.37. The molecule has 0 saturated carbocycles. The number of hydrogen-bond acceptors (Lipinski definition) is 6. The zero-order chi connectivity index (χ0) is 15.0. The predicted molar refractivity (Wildman–Crippen MR) is 83.4 cm³/mol. The van der Waals surface area contributed by atoms with E-state index < -0.39 is 5.92 Å². The molecule has 0 fully saturated rings. The number of aromatic nitrogens is 4. The molecule has 108 valence electrons. The Kier molecular flexibility index (Phi) is 3.70. The summed E-state index contributed by atoms with van der Waals surface area (Å²) in [6, 6.07) is 7.47. The van der Waals surface area contributed by atoms with E-state index in [0.29, 0.717) is 11.7 Å². The van der Waals surface area contributed by atoms with Crippen molar-refractivity contribution in [1.29, 1.82) is 0 Å². The topological polar surface area (TPSA) is 82.3 Å². The number of hydrogen-bond donors (Lipinski definition) is 0. The lowest BCUT2D eigenvalue weighted by molar-refractivity contribution is -0.144. The molecule has 2 aromatic rings. The van der Waals surface area contributed by atoms with Crippen LogP contribution in [0.2, 0.25) is 0 Å². The Hall–Kier alpha value is -1.84. The van der Waals surface area contributed by atoms with E-state index in [1.54, 1.807) is 11.6 Å². The van der Waals surface area contributed by atoms with Crippen LogP contribution in [0.4, 0.5) is 5.95 Å². The normalized spacial score (nSPS) is 20.6. The van der Waals surface area contributed by atoms with Crippen LogP contribution in [0.15, 0.2) is 29.3 Å². The number of carbonyl (C=O) groups excluding carboxylic acids is 1. The largest absolute Gasteiger partial charge is 0.468 e. The minimum Gasteiger partial charge on any atom is -0.468 e. The van der Waals surface area contributed by atoms with Gasteiger partial charge in [-0.15, -0.1) is 0 Å². The summed E-state index contributed by atoms with van der Waals surface area (Å²) >= 11 is 2.24. The summed E-state index contributed by atoms with van der Waals surface area (Å²) < 4.78 is 7.55. The Balaban J connectivity index is 2.20. The molecule has 0 radical (unpaired) electrons. The molecule has 0 spiro atoms. The van der Waals surface area contributed by atoms with E-state index in [1.165, 1.54) is 7.11 Å². The third kappa shape index (κ3) is 2.33. The lowest BCUT2D eigenvalue weighted by atomic mass is 9.88. The van der Waals surface area contributed by atoms with Gasteiger partial charge in [0.1, 0.15) is 12.0 Å². The van der Waals surface area contributed by atoms with Gasteiger partial charge in [0.2, 0.25) is 0 Å². The first-order valence-electron chi connectivity index (χ1n) is 6.28. The number of tetrazole rings is 1. The number of ether oxygens (including phenoxy) is 1. The van der Waals surface area contributed by atoms with Gasteiger partial charge in [0.25, 0.3) is 5.95 Å². The van der Waals surface area contributed by atoms with Crippen molar-refractivity contribution in [3.05, 3.63) is 33.4 Å². The average molecular weight is 397 g/mol. The fourth-order valence-corrected chi connectivity index (χ4v) is 3.20. The summed E-state index contributed by atoms with van der Waals surface area (Å²) in [6.45, 7) is 1.79. The number of methoxy groups -OCH3 is 1. The fourth-order valence-electron chi connectivity index (χ4n) is 2.49. The summed E-state index contributed by atoms with van der Waals surface area (Å²) in [6.07, 6.45) is 0. The molecule has 8 heteroatoms. The van der Waals surface area contributed by atoms with Crippen LogP contribution in [-0.2, 0) is 9.53 Å². The number of halogens is 1. The molecule has 2 atom stereocenters. The molecule has 0 bridgehead atoms. The smallest absolute Gasteiger partial charge is 0.316 e. The van der Waals surface area contributed by atoms with E-state index in [0.717, 1.165) is 9.13 Å². The van der Waals surface area contributed by atoms with Gasteiger partial charge in [-0.3, -0.25) is 4.79 Å².